The van der Waals surface area contributed by atoms with Gasteiger partial charge in [0.05, 0.1) is 19.3 Å². The van der Waals surface area contributed by atoms with Gasteiger partial charge < -0.3 is 15.4 Å². The molecular weight excluding hydrogens is 507 g/mol. The van der Waals surface area contributed by atoms with Crippen LogP contribution in [0.25, 0.3) is 0 Å². The molecule has 1 aromatic carbocycles. The maximum absolute atomic E-state index is 6.50. The van der Waals surface area contributed by atoms with E-state index in [1.54, 1.807) is 18.4 Å². The molecule has 3 rings (SSSR count). The summed E-state index contributed by atoms with van der Waals surface area (Å²) < 4.78 is 5.52. The summed E-state index contributed by atoms with van der Waals surface area (Å²) in [6.07, 6.45) is 0.996. The molecule has 28 heavy (non-hydrogen) atoms. The van der Waals surface area contributed by atoms with Gasteiger partial charge in [-0.05, 0) is 29.5 Å². The molecule has 154 valence electrons. The summed E-state index contributed by atoms with van der Waals surface area (Å²) in [5.74, 6) is 0.817. The van der Waals surface area contributed by atoms with Crippen LogP contribution in [0, 0.1) is 0 Å². The Kier molecular flexibility index (Phi) is 10.6. The zero-order chi connectivity index (χ0) is 18.9. The fourth-order valence-corrected chi connectivity index (χ4v) is 4.21. The molecule has 0 amide bonds. The van der Waals surface area contributed by atoms with Crippen LogP contribution in [0.3, 0.4) is 0 Å². The molecule has 1 aliphatic heterocycles. The summed E-state index contributed by atoms with van der Waals surface area (Å²) in [5.41, 5.74) is 1.14. The van der Waals surface area contributed by atoms with Gasteiger partial charge in [0.15, 0.2) is 5.96 Å². The van der Waals surface area contributed by atoms with Crippen LogP contribution >= 0.6 is 46.9 Å². The molecule has 2 heterocycles. The number of rotatable bonds is 7. The Labute approximate surface area is 193 Å². The lowest BCUT2D eigenvalue weighted by atomic mass is 10.0. The van der Waals surface area contributed by atoms with Gasteiger partial charge in [-0.3, -0.25) is 9.89 Å². The Hall–Kier alpha value is -0.870. The monoisotopic (exact) mass is 534 g/mol. The highest BCUT2D eigenvalue weighted by molar-refractivity contribution is 14.0. The van der Waals surface area contributed by atoms with Crippen molar-refractivity contribution in [3.05, 3.63) is 57.2 Å². The Morgan fingerprint density at radius 1 is 1.21 bits per heavy atom. The van der Waals surface area contributed by atoms with E-state index in [9.17, 15) is 0 Å². The van der Waals surface area contributed by atoms with E-state index in [0.717, 1.165) is 62.4 Å². The normalized spacial score (nSPS) is 16.3. The van der Waals surface area contributed by atoms with Crippen molar-refractivity contribution in [2.24, 2.45) is 4.99 Å². The Balaban J connectivity index is 0.00000280. The molecule has 1 atom stereocenters. The average molecular weight is 535 g/mol. The van der Waals surface area contributed by atoms with Gasteiger partial charge in [-0.2, -0.15) is 0 Å². The third-order valence-electron chi connectivity index (χ3n) is 4.68. The number of aliphatic imine (C=N–C) groups is 1. The van der Waals surface area contributed by atoms with Crippen LogP contribution in [0.2, 0.25) is 5.02 Å². The van der Waals surface area contributed by atoms with E-state index >= 15 is 0 Å². The fourth-order valence-electron chi connectivity index (χ4n) is 3.24. The van der Waals surface area contributed by atoms with E-state index in [-0.39, 0.29) is 30.0 Å². The largest absolute Gasteiger partial charge is 0.379 e. The molecule has 0 saturated carbocycles. The van der Waals surface area contributed by atoms with Crippen LogP contribution in [-0.2, 0) is 11.2 Å². The SMILES string of the molecule is CN=C(NCCc1cccs1)NCC(c1ccccc1Cl)N1CCOCC1.I. The van der Waals surface area contributed by atoms with Crippen molar-refractivity contribution in [1.82, 2.24) is 15.5 Å². The first-order valence-electron chi connectivity index (χ1n) is 9.31. The number of guanidine groups is 1. The molecule has 1 saturated heterocycles. The average Bonchev–Trinajstić information content (AvgIpc) is 3.22. The predicted molar refractivity (Wildman–Crippen MR) is 129 cm³/mol. The Morgan fingerprint density at radius 3 is 2.68 bits per heavy atom. The Morgan fingerprint density at radius 2 is 2.00 bits per heavy atom. The Bertz CT molecular complexity index is 723. The quantitative estimate of drug-likeness (QED) is 0.322. The first-order chi connectivity index (χ1) is 13.3. The van der Waals surface area contributed by atoms with Gasteiger partial charge in [0.1, 0.15) is 0 Å². The van der Waals surface area contributed by atoms with Crippen molar-refractivity contribution < 1.29 is 4.74 Å². The van der Waals surface area contributed by atoms with Crippen molar-refractivity contribution in [3.63, 3.8) is 0 Å². The topological polar surface area (TPSA) is 48.9 Å². The molecular formula is C20H28ClIN4OS. The number of hydrogen-bond acceptors (Lipinski definition) is 4. The number of hydrogen-bond donors (Lipinski definition) is 2. The van der Waals surface area contributed by atoms with E-state index in [2.05, 4.69) is 44.1 Å². The summed E-state index contributed by atoms with van der Waals surface area (Å²) in [7, 11) is 1.81. The summed E-state index contributed by atoms with van der Waals surface area (Å²) in [6.45, 7) is 4.92. The first-order valence-corrected chi connectivity index (χ1v) is 10.6. The van der Waals surface area contributed by atoms with Gasteiger partial charge in [-0.25, -0.2) is 0 Å². The van der Waals surface area contributed by atoms with Crippen LogP contribution in [-0.4, -0.2) is 57.3 Å². The third-order valence-corrected chi connectivity index (χ3v) is 5.96. The molecule has 5 nitrogen and oxygen atoms in total. The summed E-state index contributed by atoms with van der Waals surface area (Å²) >= 11 is 8.28. The third kappa shape index (κ3) is 6.88. The summed E-state index contributed by atoms with van der Waals surface area (Å²) in [6, 6.07) is 12.5. The van der Waals surface area contributed by atoms with E-state index in [0.29, 0.717) is 0 Å². The number of halogens is 2. The molecule has 0 aliphatic carbocycles. The first kappa shape index (κ1) is 23.4. The summed E-state index contributed by atoms with van der Waals surface area (Å²) in [5, 5.41) is 9.79. The number of nitrogens with zero attached hydrogens (tertiary/aromatic N) is 2. The standard InChI is InChI=1S/C20H27ClN4OS.HI/c1-22-20(23-9-8-16-5-4-14-27-16)24-15-19(25-10-12-26-13-11-25)17-6-2-3-7-18(17)21;/h2-7,14,19H,8-13,15H2,1H3,(H2,22,23,24);1H. The number of nitrogens with one attached hydrogen (secondary N) is 2. The number of benzene rings is 1. The van der Waals surface area contributed by atoms with Gasteiger partial charge in [0.2, 0.25) is 0 Å². The molecule has 1 aromatic heterocycles. The highest BCUT2D eigenvalue weighted by Gasteiger charge is 2.24. The van der Waals surface area contributed by atoms with Crippen LogP contribution in [0.4, 0.5) is 0 Å². The highest BCUT2D eigenvalue weighted by atomic mass is 127. The van der Waals surface area contributed by atoms with Crippen molar-refractivity contribution in [3.8, 4) is 0 Å². The molecule has 2 N–H and O–H groups in total. The zero-order valence-electron chi connectivity index (χ0n) is 16.1. The molecule has 1 aliphatic rings. The predicted octanol–water partition coefficient (Wildman–Crippen LogP) is 3.80. The van der Waals surface area contributed by atoms with Crippen LogP contribution < -0.4 is 10.6 Å². The molecule has 0 spiro atoms. The lowest BCUT2D eigenvalue weighted by Gasteiger charge is -2.35. The number of morpholine rings is 1. The smallest absolute Gasteiger partial charge is 0.191 e. The van der Waals surface area contributed by atoms with Gasteiger partial charge in [-0.1, -0.05) is 35.9 Å². The molecule has 8 heteroatoms. The minimum Gasteiger partial charge on any atom is -0.379 e. The second-order valence-corrected chi connectivity index (χ2v) is 7.83. The molecule has 0 bridgehead atoms. The van der Waals surface area contributed by atoms with Crippen molar-refractivity contribution in [1.29, 1.82) is 0 Å². The maximum Gasteiger partial charge on any atom is 0.191 e. The van der Waals surface area contributed by atoms with E-state index in [1.165, 1.54) is 4.88 Å². The molecule has 2 aromatic rings. The van der Waals surface area contributed by atoms with Gasteiger partial charge in [0, 0.05) is 43.1 Å². The van der Waals surface area contributed by atoms with E-state index in [1.807, 2.05) is 18.2 Å². The number of thiophene rings is 1. The molecule has 1 unspecified atom stereocenters. The van der Waals surface area contributed by atoms with Crippen LogP contribution in [0.15, 0.2) is 46.8 Å². The zero-order valence-corrected chi connectivity index (χ0v) is 20.0. The van der Waals surface area contributed by atoms with Crippen molar-refractivity contribution in [2.45, 2.75) is 12.5 Å². The number of ether oxygens (including phenoxy) is 1. The summed E-state index contributed by atoms with van der Waals surface area (Å²) in [4.78, 5) is 8.16. The fraction of sp³-hybridized carbons (Fsp3) is 0.450. The lowest BCUT2D eigenvalue weighted by Crippen LogP contribution is -2.46. The van der Waals surface area contributed by atoms with Crippen molar-refractivity contribution in [2.75, 3.05) is 46.4 Å². The highest BCUT2D eigenvalue weighted by Crippen LogP contribution is 2.27. The van der Waals surface area contributed by atoms with Crippen molar-refractivity contribution >= 4 is 52.9 Å². The molecule has 1 fully saturated rings. The minimum atomic E-state index is 0. The lowest BCUT2D eigenvalue weighted by molar-refractivity contribution is 0.0170. The molecule has 0 radical (unpaired) electrons. The van der Waals surface area contributed by atoms with Gasteiger partial charge in [0.25, 0.3) is 0 Å². The minimum absolute atomic E-state index is 0. The second-order valence-electron chi connectivity index (χ2n) is 6.39. The van der Waals surface area contributed by atoms with Crippen LogP contribution in [0.5, 0.6) is 0 Å². The maximum atomic E-state index is 6.50. The second kappa shape index (κ2) is 12.6. The van der Waals surface area contributed by atoms with Gasteiger partial charge >= 0.3 is 0 Å². The van der Waals surface area contributed by atoms with E-state index < -0.39 is 0 Å². The van der Waals surface area contributed by atoms with Gasteiger partial charge in [-0.15, -0.1) is 35.3 Å². The van der Waals surface area contributed by atoms with E-state index in [4.69, 9.17) is 16.3 Å². The van der Waals surface area contributed by atoms with Crippen LogP contribution in [0.1, 0.15) is 16.5 Å².